The Kier molecular flexibility index (Phi) is 6.82. The topological polar surface area (TPSA) is 110 Å². The minimum Gasteiger partial charge on any atom is -0.390 e. The van der Waals surface area contributed by atoms with E-state index in [1.165, 1.54) is 12.1 Å². The predicted octanol–water partition coefficient (Wildman–Crippen LogP) is 5.41. The molecule has 2 aromatic rings. The number of fused-ring (bicyclic) bond motifs is 1. The van der Waals surface area contributed by atoms with Crippen molar-refractivity contribution in [1.29, 1.82) is 0 Å². The van der Waals surface area contributed by atoms with Crippen LogP contribution in [0.15, 0.2) is 24.3 Å². The van der Waals surface area contributed by atoms with E-state index in [1.54, 1.807) is 30.9 Å². The third-order valence-electron chi connectivity index (χ3n) is 8.28. The number of hydrogen-bond donors (Lipinski definition) is 4. The number of urea groups is 1. The van der Waals surface area contributed by atoms with Crippen LogP contribution in [0.5, 0.6) is 0 Å². The van der Waals surface area contributed by atoms with Crippen molar-refractivity contribution in [3.63, 3.8) is 0 Å². The SMILES string of the molecule is CC(C)(O)C[C@@H](NC(=O)N1Cc2c(NC(=O)C3([Si](C)(C)C)CCC3)n[nH]c2C1(C)C)c1cccc(F)c1. The molecule has 1 fully saturated rings. The largest absolute Gasteiger partial charge is 0.390 e. The summed E-state index contributed by atoms with van der Waals surface area (Å²) in [5.74, 6) is 0.105. The number of halogens is 1. The maximum atomic E-state index is 14.0. The number of rotatable bonds is 7. The van der Waals surface area contributed by atoms with Gasteiger partial charge in [0.25, 0.3) is 0 Å². The number of benzene rings is 1. The molecule has 3 amide bonds. The van der Waals surface area contributed by atoms with Gasteiger partial charge in [0.15, 0.2) is 5.82 Å². The second kappa shape index (κ2) is 9.23. The van der Waals surface area contributed by atoms with Crippen LogP contribution in [-0.2, 0) is 16.9 Å². The van der Waals surface area contributed by atoms with Crippen LogP contribution in [0.25, 0.3) is 0 Å². The normalized spacial score (nSPS) is 19.1. The molecule has 0 unspecified atom stereocenters. The quantitative estimate of drug-likeness (QED) is 0.359. The van der Waals surface area contributed by atoms with E-state index < -0.39 is 31.1 Å². The molecule has 37 heavy (non-hydrogen) atoms. The standard InChI is InChI=1S/C27H40FN5O3Si/c1-25(2,36)15-20(17-10-8-11-18(28)14-17)29-24(35)33-16-19-21(26(33,3)4)31-32-22(19)30-23(34)27(12-9-13-27)37(5,6)7/h8,10-11,14,20,36H,9,12-13,15-16H2,1-7H3,(H,29,35)(H2,30,31,32,34)/t20-/m1/s1. The lowest BCUT2D eigenvalue weighted by molar-refractivity contribution is -0.121. The zero-order valence-corrected chi connectivity index (χ0v) is 24.0. The molecule has 10 heteroatoms. The molecule has 0 saturated heterocycles. The average molecular weight is 530 g/mol. The van der Waals surface area contributed by atoms with E-state index in [-0.39, 0.29) is 29.9 Å². The second-order valence-corrected chi connectivity index (χ2v) is 18.2. The summed E-state index contributed by atoms with van der Waals surface area (Å²) in [6.45, 7) is 14.1. The number of hydrogen-bond acceptors (Lipinski definition) is 4. The molecule has 1 aliphatic carbocycles. The van der Waals surface area contributed by atoms with Crippen molar-refractivity contribution in [1.82, 2.24) is 20.4 Å². The highest BCUT2D eigenvalue weighted by Crippen LogP contribution is 2.56. The van der Waals surface area contributed by atoms with E-state index in [0.29, 0.717) is 11.4 Å². The minimum absolute atomic E-state index is 0.0317. The number of nitrogens with zero attached hydrogens (tertiary/aromatic N) is 2. The number of nitrogens with one attached hydrogen (secondary N) is 3. The molecule has 1 aliphatic heterocycles. The van der Waals surface area contributed by atoms with Gasteiger partial charge in [-0.25, -0.2) is 9.18 Å². The first kappa shape index (κ1) is 27.3. The maximum Gasteiger partial charge on any atom is 0.318 e. The summed E-state index contributed by atoms with van der Waals surface area (Å²) < 4.78 is 14.0. The number of aromatic amines is 1. The fraction of sp³-hybridized carbons (Fsp3) is 0.593. The van der Waals surface area contributed by atoms with Crippen LogP contribution in [0.2, 0.25) is 24.7 Å². The lowest BCUT2D eigenvalue weighted by Crippen LogP contribution is -2.52. The van der Waals surface area contributed by atoms with Crippen molar-refractivity contribution in [2.75, 3.05) is 5.32 Å². The molecular formula is C27H40FN5O3Si. The predicted molar refractivity (Wildman–Crippen MR) is 144 cm³/mol. The van der Waals surface area contributed by atoms with Gasteiger partial charge in [-0.1, -0.05) is 38.2 Å². The van der Waals surface area contributed by atoms with E-state index in [1.807, 2.05) is 13.8 Å². The van der Waals surface area contributed by atoms with Gasteiger partial charge in [-0.05, 0) is 58.2 Å². The number of amides is 3. The van der Waals surface area contributed by atoms with Crippen LogP contribution in [-0.4, -0.2) is 45.8 Å². The van der Waals surface area contributed by atoms with Crippen molar-refractivity contribution in [3.05, 3.63) is 46.9 Å². The summed E-state index contributed by atoms with van der Waals surface area (Å²) in [5, 5.41) is 23.7. The van der Waals surface area contributed by atoms with Crippen molar-refractivity contribution < 1.29 is 19.1 Å². The van der Waals surface area contributed by atoms with Gasteiger partial charge in [-0.3, -0.25) is 9.89 Å². The second-order valence-electron chi connectivity index (χ2n) is 12.8. The molecule has 1 aromatic carbocycles. The Labute approximate surface area is 219 Å². The third-order valence-corrected chi connectivity index (χ3v) is 11.9. The Morgan fingerprint density at radius 3 is 2.49 bits per heavy atom. The van der Waals surface area contributed by atoms with Crippen molar-refractivity contribution in [2.24, 2.45) is 0 Å². The van der Waals surface area contributed by atoms with Gasteiger partial charge in [-0.15, -0.1) is 0 Å². The van der Waals surface area contributed by atoms with Crippen LogP contribution in [0.1, 0.15) is 76.2 Å². The summed E-state index contributed by atoms with van der Waals surface area (Å²) >= 11 is 0. The van der Waals surface area contributed by atoms with E-state index in [4.69, 9.17) is 0 Å². The molecule has 4 N–H and O–H groups in total. The fourth-order valence-corrected chi connectivity index (χ4v) is 8.32. The highest BCUT2D eigenvalue weighted by Gasteiger charge is 2.54. The van der Waals surface area contributed by atoms with Crippen molar-refractivity contribution in [2.45, 2.75) is 102 Å². The Morgan fingerprint density at radius 2 is 1.95 bits per heavy atom. The molecule has 8 nitrogen and oxygen atoms in total. The number of carbonyl (C=O) groups is 2. The molecule has 2 aliphatic rings. The zero-order chi connectivity index (χ0) is 27.4. The van der Waals surface area contributed by atoms with Crippen LogP contribution in [0.3, 0.4) is 0 Å². The van der Waals surface area contributed by atoms with Gasteiger partial charge in [0.2, 0.25) is 5.91 Å². The molecule has 4 rings (SSSR count). The molecule has 0 bridgehead atoms. The van der Waals surface area contributed by atoms with Crippen molar-refractivity contribution >= 4 is 25.8 Å². The lowest BCUT2D eigenvalue weighted by Gasteiger charge is -2.48. The zero-order valence-electron chi connectivity index (χ0n) is 23.0. The molecule has 0 radical (unpaired) electrons. The Bertz CT molecular complexity index is 1190. The average Bonchev–Trinajstić information content (AvgIpc) is 3.22. The van der Waals surface area contributed by atoms with Gasteiger partial charge < -0.3 is 20.6 Å². The van der Waals surface area contributed by atoms with Crippen LogP contribution < -0.4 is 10.6 Å². The van der Waals surface area contributed by atoms with Gasteiger partial charge in [0.05, 0.1) is 37.5 Å². The fourth-order valence-electron chi connectivity index (χ4n) is 5.72. The molecule has 1 aromatic heterocycles. The molecule has 1 saturated carbocycles. The Balaban J connectivity index is 1.55. The lowest BCUT2D eigenvalue weighted by atomic mass is 9.83. The number of carbonyl (C=O) groups excluding carboxylic acids is 2. The highest BCUT2D eigenvalue weighted by molar-refractivity contribution is 6.83. The maximum absolute atomic E-state index is 14.0. The van der Waals surface area contributed by atoms with E-state index in [9.17, 15) is 19.1 Å². The number of anilines is 1. The smallest absolute Gasteiger partial charge is 0.318 e. The van der Waals surface area contributed by atoms with Crippen LogP contribution in [0.4, 0.5) is 15.0 Å². The summed E-state index contributed by atoms with van der Waals surface area (Å²) in [7, 11) is -1.75. The third kappa shape index (κ3) is 5.05. The summed E-state index contributed by atoms with van der Waals surface area (Å²) in [4.78, 5) is 28.7. The van der Waals surface area contributed by atoms with Gasteiger partial charge in [0.1, 0.15) is 5.82 Å². The molecule has 2 heterocycles. The first-order chi connectivity index (χ1) is 17.0. The van der Waals surface area contributed by atoms with E-state index in [2.05, 4.69) is 40.5 Å². The number of aromatic nitrogens is 2. The minimum atomic E-state index is -1.75. The first-order valence-electron chi connectivity index (χ1n) is 13.0. The first-order valence-corrected chi connectivity index (χ1v) is 16.5. The van der Waals surface area contributed by atoms with Crippen LogP contribution in [0, 0.1) is 5.82 Å². The molecule has 1 atom stereocenters. The van der Waals surface area contributed by atoms with E-state index in [0.717, 1.165) is 30.5 Å². The molecular weight excluding hydrogens is 489 g/mol. The summed E-state index contributed by atoms with van der Waals surface area (Å²) in [5.41, 5.74) is 0.355. The highest BCUT2D eigenvalue weighted by atomic mass is 28.3. The molecule has 202 valence electrons. The molecule has 0 spiro atoms. The van der Waals surface area contributed by atoms with Gasteiger partial charge in [0, 0.05) is 17.0 Å². The summed E-state index contributed by atoms with van der Waals surface area (Å²) in [6, 6.07) is 5.12. The van der Waals surface area contributed by atoms with E-state index >= 15 is 0 Å². The van der Waals surface area contributed by atoms with Crippen LogP contribution >= 0.6 is 0 Å². The van der Waals surface area contributed by atoms with Gasteiger partial charge in [-0.2, -0.15) is 5.10 Å². The Hall–Kier alpha value is -2.72. The number of H-pyrrole nitrogens is 1. The van der Waals surface area contributed by atoms with Gasteiger partial charge >= 0.3 is 6.03 Å². The monoisotopic (exact) mass is 529 g/mol. The number of aliphatic hydroxyl groups is 1. The van der Waals surface area contributed by atoms with Crippen molar-refractivity contribution in [3.8, 4) is 0 Å². The summed E-state index contributed by atoms with van der Waals surface area (Å²) in [6.07, 6.45) is 3.09. The Morgan fingerprint density at radius 1 is 1.27 bits per heavy atom.